The Kier molecular flexibility index (Phi) is 12.3. The van der Waals surface area contributed by atoms with Gasteiger partial charge in [0.2, 0.25) is 11.9 Å². The van der Waals surface area contributed by atoms with Crippen LogP contribution in [0.5, 0.6) is 6.01 Å². The van der Waals surface area contributed by atoms with Crippen LogP contribution in [0.1, 0.15) is 48.0 Å². The number of carboxylic acids is 1. The number of hydrogen-bond donors (Lipinski definition) is 6. The van der Waals surface area contributed by atoms with Crippen LogP contribution in [0.3, 0.4) is 0 Å². The maximum atomic E-state index is 12.9. The van der Waals surface area contributed by atoms with Gasteiger partial charge in [0.25, 0.3) is 5.91 Å². The fourth-order valence-electron chi connectivity index (χ4n) is 5.28. The Bertz CT molecular complexity index is 1740. The van der Waals surface area contributed by atoms with Gasteiger partial charge in [-0.15, -0.1) is 0 Å². The van der Waals surface area contributed by atoms with Crippen LogP contribution >= 0.6 is 11.6 Å². The van der Waals surface area contributed by atoms with Crippen molar-refractivity contribution in [3.8, 4) is 6.01 Å². The molecule has 2 aliphatic rings. The second-order valence-corrected chi connectivity index (χ2v) is 12.7. The van der Waals surface area contributed by atoms with Gasteiger partial charge in [-0.2, -0.15) is 28.1 Å². The predicted molar refractivity (Wildman–Crippen MR) is 180 cm³/mol. The molecule has 2 heterocycles. The molecule has 0 bridgehead atoms. The highest BCUT2D eigenvalue weighted by Gasteiger charge is 2.45. The van der Waals surface area contributed by atoms with Gasteiger partial charge < -0.3 is 41.2 Å². The number of rotatable bonds is 15. The Hall–Kier alpha value is -5.23. The number of carbonyl (C=O) groups is 4. The minimum Gasteiger partial charge on any atom is -0.480 e. The maximum Gasteiger partial charge on any atom is 0.422 e. The van der Waals surface area contributed by atoms with Crippen LogP contribution in [0, 0.1) is 5.92 Å². The van der Waals surface area contributed by atoms with E-state index in [1.165, 1.54) is 24.3 Å². The number of benzene rings is 2. The van der Waals surface area contributed by atoms with Gasteiger partial charge in [0, 0.05) is 42.6 Å². The highest BCUT2D eigenvalue weighted by molar-refractivity contribution is 6.35. The molecule has 5 rings (SSSR count). The van der Waals surface area contributed by atoms with Crippen molar-refractivity contribution in [1.29, 1.82) is 0 Å². The molecule has 19 heteroatoms. The fourth-order valence-corrected chi connectivity index (χ4v) is 5.41. The van der Waals surface area contributed by atoms with E-state index in [9.17, 15) is 37.5 Å². The van der Waals surface area contributed by atoms with Gasteiger partial charge in [-0.05, 0) is 80.0 Å². The highest BCUT2D eigenvalue weighted by Crippen LogP contribution is 2.48. The topological polar surface area (TPSA) is 206 Å². The number of alkyl halides is 3. The van der Waals surface area contributed by atoms with E-state index in [1.807, 2.05) is 12.1 Å². The second-order valence-electron chi connectivity index (χ2n) is 12.3. The van der Waals surface area contributed by atoms with Crippen LogP contribution in [0.4, 0.5) is 30.8 Å². The number of aliphatic carboxylic acids is 1. The number of carboxylic acid groups (broad SMARTS) is 1. The lowest BCUT2D eigenvalue weighted by Gasteiger charge is -2.22. The third kappa shape index (κ3) is 11.1. The van der Waals surface area contributed by atoms with E-state index in [2.05, 4.69) is 41.5 Å². The Morgan fingerprint density at radius 1 is 0.942 bits per heavy atom. The second kappa shape index (κ2) is 16.9. The third-order valence-corrected chi connectivity index (χ3v) is 8.55. The number of aromatic nitrogens is 3. The lowest BCUT2D eigenvalue weighted by atomic mass is 10.0. The van der Waals surface area contributed by atoms with Crippen molar-refractivity contribution in [2.24, 2.45) is 5.92 Å². The average molecular weight is 749 g/mol. The van der Waals surface area contributed by atoms with E-state index in [0.29, 0.717) is 43.3 Å². The molecule has 0 spiro atoms. The van der Waals surface area contributed by atoms with Crippen LogP contribution in [-0.4, -0.2) is 88.9 Å². The van der Waals surface area contributed by atoms with Gasteiger partial charge in [-0.3, -0.25) is 14.4 Å². The first-order valence-electron chi connectivity index (χ1n) is 16.3. The van der Waals surface area contributed by atoms with Gasteiger partial charge in [0.15, 0.2) is 6.61 Å². The monoisotopic (exact) mass is 748 g/mol. The Balaban J connectivity index is 1.17. The SMILES string of the molecule is O=C(NCC[C@H](NC(=O)c1ccc(Nc2nc(NC3(c4ccc(Cl)cc4)CC3)nc(OCC(F)(F)F)n2)cc1)C(=O)O)C(=O)NCC1CCOCC1. The summed E-state index contributed by atoms with van der Waals surface area (Å²) in [6.45, 7) is -0.304. The summed E-state index contributed by atoms with van der Waals surface area (Å²) in [5.74, 6) is -3.81. The first-order valence-corrected chi connectivity index (χ1v) is 16.7. The van der Waals surface area contributed by atoms with Crippen molar-refractivity contribution in [1.82, 2.24) is 30.9 Å². The number of nitrogens with zero attached hydrogens (tertiary/aromatic N) is 3. The summed E-state index contributed by atoms with van der Waals surface area (Å²) in [6.07, 6.45) is -1.88. The number of ether oxygens (including phenoxy) is 2. The molecule has 2 aromatic carbocycles. The quantitative estimate of drug-likeness (QED) is 0.124. The van der Waals surface area contributed by atoms with E-state index in [0.717, 1.165) is 18.4 Å². The van der Waals surface area contributed by atoms with Crippen molar-refractivity contribution in [2.75, 3.05) is 43.5 Å². The number of hydrogen-bond acceptors (Lipinski definition) is 11. The molecule has 1 saturated heterocycles. The summed E-state index contributed by atoms with van der Waals surface area (Å²) >= 11 is 6.01. The Labute approximate surface area is 300 Å². The van der Waals surface area contributed by atoms with Crippen LogP contribution < -0.4 is 31.3 Å². The first-order chi connectivity index (χ1) is 24.8. The minimum atomic E-state index is -4.64. The number of carbonyl (C=O) groups excluding carboxylic acids is 3. The number of amides is 3. The number of nitrogens with one attached hydrogen (secondary N) is 5. The smallest absolute Gasteiger partial charge is 0.422 e. The molecule has 1 saturated carbocycles. The van der Waals surface area contributed by atoms with E-state index >= 15 is 0 Å². The van der Waals surface area contributed by atoms with Gasteiger partial charge in [0.1, 0.15) is 6.04 Å². The summed E-state index contributed by atoms with van der Waals surface area (Å²) in [4.78, 5) is 61.2. The maximum absolute atomic E-state index is 12.9. The van der Waals surface area contributed by atoms with Gasteiger partial charge in [-0.25, -0.2) is 4.79 Å². The molecular weight excluding hydrogens is 713 g/mol. The molecule has 1 aliphatic heterocycles. The van der Waals surface area contributed by atoms with Crippen molar-refractivity contribution < 1.29 is 46.9 Å². The zero-order valence-electron chi connectivity index (χ0n) is 27.6. The average Bonchev–Trinajstić information content (AvgIpc) is 3.90. The number of halogens is 4. The largest absolute Gasteiger partial charge is 0.480 e. The number of anilines is 3. The molecular formula is C33H36ClF3N8O7. The summed E-state index contributed by atoms with van der Waals surface area (Å²) in [5.41, 5.74) is 0.747. The van der Waals surface area contributed by atoms with Gasteiger partial charge in [-0.1, -0.05) is 23.7 Å². The summed E-state index contributed by atoms with van der Waals surface area (Å²) in [5, 5.41) is 23.5. The molecule has 1 atom stereocenters. The van der Waals surface area contributed by atoms with E-state index in [-0.39, 0.29) is 36.3 Å². The lowest BCUT2D eigenvalue weighted by Crippen LogP contribution is -2.46. The molecule has 52 heavy (non-hydrogen) atoms. The predicted octanol–water partition coefficient (Wildman–Crippen LogP) is 3.54. The van der Waals surface area contributed by atoms with Crippen LogP contribution in [0.2, 0.25) is 5.02 Å². The van der Waals surface area contributed by atoms with E-state index in [4.69, 9.17) is 21.1 Å². The molecule has 0 radical (unpaired) electrons. The summed E-state index contributed by atoms with van der Waals surface area (Å²) in [6, 6.07) is 10.8. The van der Waals surface area contributed by atoms with E-state index in [1.54, 1.807) is 12.1 Å². The molecule has 1 aliphatic carbocycles. The Morgan fingerprint density at radius 2 is 1.60 bits per heavy atom. The zero-order valence-corrected chi connectivity index (χ0v) is 28.4. The molecule has 3 aromatic rings. The van der Waals surface area contributed by atoms with Crippen molar-refractivity contribution in [3.05, 3.63) is 64.7 Å². The molecule has 1 aromatic heterocycles. The highest BCUT2D eigenvalue weighted by atomic mass is 35.5. The van der Waals surface area contributed by atoms with Gasteiger partial charge >= 0.3 is 30.0 Å². The van der Waals surface area contributed by atoms with Crippen LogP contribution in [0.25, 0.3) is 0 Å². The minimum absolute atomic E-state index is 0.0374. The fraction of sp³-hybridized carbons (Fsp3) is 0.424. The van der Waals surface area contributed by atoms with Crippen LogP contribution in [0.15, 0.2) is 48.5 Å². The molecule has 2 fully saturated rings. The lowest BCUT2D eigenvalue weighted by molar-refractivity contribution is -0.154. The normalized spacial score (nSPS) is 15.8. The summed E-state index contributed by atoms with van der Waals surface area (Å²) < 4.78 is 48.8. The molecule has 278 valence electrons. The molecule has 15 nitrogen and oxygen atoms in total. The zero-order chi connectivity index (χ0) is 37.3. The first kappa shape index (κ1) is 38.0. The van der Waals surface area contributed by atoms with Crippen molar-refractivity contribution >= 4 is 52.9 Å². The molecule has 3 amide bonds. The molecule has 0 unspecified atom stereocenters. The standard InChI is InChI=1S/C33H36ClF3N8O7/c34-22-5-3-21(4-6-22)32(12-13-32)45-30-42-29(43-31(44-30)52-18-33(35,36)37)40-23-7-1-20(2-8-23)25(46)41-24(28(49)50)9-14-38-26(47)27(48)39-17-19-10-15-51-16-11-19/h1-8,19,24H,9-18H2,(H,38,47)(H,39,48)(H,41,46)(H,49,50)(H2,40,42,43,44,45)/t24-/m0/s1. The Morgan fingerprint density at radius 3 is 2.23 bits per heavy atom. The molecule has 6 N–H and O–H groups in total. The van der Waals surface area contributed by atoms with E-state index < -0.39 is 54.1 Å². The third-order valence-electron chi connectivity index (χ3n) is 8.30. The summed E-state index contributed by atoms with van der Waals surface area (Å²) in [7, 11) is 0. The van der Waals surface area contributed by atoms with Crippen molar-refractivity contribution in [2.45, 2.75) is 49.9 Å². The van der Waals surface area contributed by atoms with Gasteiger partial charge in [0.05, 0.1) is 5.54 Å². The van der Waals surface area contributed by atoms with Crippen molar-refractivity contribution in [3.63, 3.8) is 0 Å². The van der Waals surface area contributed by atoms with Crippen LogP contribution in [-0.2, 0) is 24.7 Å².